The molecule has 1 aliphatic heterocycles. The molecule has 0 bridgehead atoms. The molecule has 1 aromatic rings. The van der Waals surface area contributed by atoms with Gasteiger partial charge in [-0.05, 0) is 12.1 Å². The van der Waals surface area contributed by atoms with Crippen molar-refractivity contribution in [3.63, 3.8) is 0 Å². The van der Waals surface area contributed by atoms with Gasteiger partial charge in [0.25, 0.3) is 5.69 Å². The third kappa shape index (κ3) is 2.68. The molecule has 0 radical (unpaired) electrons. The second-order valence-electron chi connectivity index (χ2n) is 4.50. The van der Waals surface area contributed by atoms with Crippen molar-refractivity contribution < 1.29 is 28.3 Å². The van der Waals surface area contributed by atoms with Crippen LogP contribution < -0.4 is 4.90 Å². The van der Waals surface area contributed by atoms with E-state index in [9.17, 15) is 33.5 Å². The molecule has 6 nitrogen and oxygen atoms in total. The van der Waals surface area contributed by atoms with Gasteiger partial charge in [-0.25, -0.2) is 0 Å². The average molecular weight is 292 g/mol. The summed E-state index contributed by atoms with van der Waals surface area (Å²) in [5.74, 6) is 0. The van der Waals surface area contributed by atoms with Crippen LogP contribution in [0.15, 0.2) is 18.2 Å². The first kappa shape index (κ1) is 14.5. The Balaban J connectivity index is 2.40. The maximum absolute atomic E-state index is 12.8. The Morgan fingerprint density at radius 1 is 1.25 bits per heavy atom. The summed E-state index contributed by atoms with van der Waals surface area (Å²) in [4.78, 5) is 10.9. The van der Waals surface area contributed by atoms with Crippen molar-refractivity contribution in [3.8, 4) is 0 Å². The first-order valence-corrected chi connectivity index (χ1v) is 5.67. The number of nitro benzene ring substituents is 1. The molecule has 0 aliphatic carbocycles. The number of benzene rings is 1. The Bertz CT molecular complexity index is 525. The maximum Gasteiger partial charge on any atom is 0.423 e. The lowest BCUT2D eigenvalue weighted by molar-refractivity contribution is -0.388. The van der Waals surface area contributed by atoms with Crippen molar-refractivity contribution in [1.29, 1.82) is 0 Å². The fraction of sp³-hybridized carbons (Fsp3) is 0.455. The largest absolute Gasteiger partial charge is 0.423 e. The molecule has 2 rings (SSSR count). The van der Waals surface area contributed by atoms with E-state index in [2.05, 4.69) is 0 Å². The molecule has 0 aromatic heterocycles. The summed E-state index contributed by atoms with van der Waals surface area (Å²) in [5.41, 5.74) is -2.31. The highest BCUT2D eigenvalue weighted by Crippen LogP contribution is 2.38. The van der Waals surface area contributed by atoms with E-state index in [1.165, 1.54) is 4.90 Å². The van der Waals surface area contributed by atoms with E-state index < -0.39 is 34.6 Å². The van der Waals surface area contributed by atoms with E-state index in [1.807, 2.05) is 0 Å². The monoisotopic (exact) mass is 292 g/mol. The van der Waals surface area contributed by atoms with Gasteiger partial charge in [-0.1, -0.05) is 0 Å². The van der Waals surface area contributed by atoms with Gasteiger partial charge < -0.3 is 15.1 Å². The molecule has 1 fully saturated rings. The van der Waals surface area contributed by atoms with Gasteiger partial charge >= 0.3 is 6.18 Å². The smallest absolute Gasteiger partial charge is 0.389 e. The quantitative estimate of drug-likeness (QED) is 0.631. The average Bonchev–Trinajstić information content (AvgIpc) is 2.67. The zero-order valence-corrected chi connectivity index (χ0v) is 10.0. The van der Waals surface area contributed by atoms with Crippen molar-refractivity contribution in [2.75, 3.05) is 18.0 Å². The molecule has 0 saturated carbocycles. The predicted molar refractivity (Wildman–Crippen MR) is 62.3 cm³/mol. The Morgan fingerprint density at radius 3 is 2.25 bits per heavy atom. The summed E-state index contributed by atoms with van der Waals surface area (Å²) in [6.07, 6.45) is -6.96. The second kappa shape index (κ2) is 4.91. The van der Waals surface area contributed by atoms with Crippen LogP contribution in [0.1, 0.15) is 5.56 Å². The lowest BCUT2D eigenvalue weighted by Gasteiger charge is -2.19. The van der Waals surface area contributed by atoms with Crippen molar-refractivity contribution >= 4 is 11.4 Å². The summed E-state index contributed by atoms with van der Waals surface area (Å²) in [6.45, 7) is -0.0629. The molecular formula is C11H11F3N2O4. The summed E-state index contributed by atoms with van der Waals surface area (Å²) < 4.78 is 38.4. The number of halogens is 3. The molecule has 2 N–H and O–H groups in total. The topological polar surface area (TPSA) is 86.8 Å². The highest BCUT2D eigenvalue weighted by Gasteiger charge is 2.39. The van der Waals surface area contributed by atoms with Crippen molar-refractivity contribution in [1.82, 2.24) is 0 Å². The summed E-state index contributed by atoms with van der Waals surface area (Å²) in [5, 5.41) is 29.4. The molecule has 1 aromatic carbocycles. The van der Waals surface area contributed by atoms with Crippen LogP contribution in [0.3, 0.4) is 0 Å². The van der Waals surface area contributed by atoms with Gasteiger partial charge in [0.1, 0.15) is 5.56 Å². The SMILES string of the molecule is O=[N+]([O-])c1ccc(N2CC(O)C(O)C2)cc1C(F)(F)F. The fourth-order valence-electron chi connectivity index (χ4n) is 2.09. The first-order valence-electron chi connectivity index (χ1n) is 5.67. The number of aliphatic hydroxyl groups excluding tert-OH is 2. The zero-order valence-electron chi connectivity index (χ0n) is 10.0. The van der Waals surface area contributed by atoms with E-state index in [0.29, 0.717) is 6.07 Å². The molecule has 1 saturated heterocycles. The summed E-state index contributed by atoms with van der Waals surface area (Å²) >= 11 is 0. The van der Waals surface area contributed by atoms with Gasteiger partial charge in [0, 0.05) is 24.8 Å². The highest BCUT2D eigenvalue weighted by molar-refractivity contribution is 5.57. The van der Waals surface area contributed by atoms with Crippen LogP contribution in [-0.4, -0.2) is 40.4 Å². The van der Waals surface area contributed by atoms with Crippen LogP contribution in [0.25, 0.3) is 0 Å². The number of rotatable bonds is 2. The third-order valence-electron chi connectivity index (χ3n) is 3.11. The molecule has 110 valence electrons. The molecule has 2 atom stereocenters. The van der Waals surface area contributed by atoms with E-state index in [1.54, 1.807) is 0 Å². The number of anilines is 1. The Hall–Kier alpha value is -1.87. The maximum atomic E-state index is 12.8. The molecule has 20 heavy (non-hydrogen) atoms. The van der Waals surface area contributed by atoms with Crippen LogP contribution >= 0.6 is 0 Å². The van der Waals surface area contributed by atoms with Crippen LogP contribution in [0.2, 0.25) is 0 Å². The molecule has 1 aliphatic rings. The molecule has 9 heteroatoms. The van der Waals surface area contributed by atoms with Gasteiger partial charge in [0.15, 0.2) is 0 Å². The van der Waals surface area contributed by atoms with Crippen LogP contribution in [0.4, 0.5) is 24.5 Å². The minimum absolute atomic E-state index is 0.0315. The predicted octanol–water partition coefficient (Wildman–Crippen LogP) is 1.16. The van der Waals surface area contributed by atoms with Gasteiger partial charge in [-0.15, -0.1) is 0 Å². The zero-order chi connectivity index (χ0) is 15.1. The minimum Gasteiger partial charge on any atom is -0.389 e. The number of aliphatic hydroxyl groups is 2. The number of alkyl halides is 3. The number of hydrogen-bond acceptors (Lipinski definition) is 5. The van der Waals surface area contributed by atoms with E-state index in [0.717, 1.165) is 12.1 Å². The van der Waals surface area contributed by atoms with Crippen molar-refractivity contribution in [2.45, 2.75) is 18.4 Å². The van der Waals surface area contributed by atoms with Gasteiger partial charge in [-0.3, -0.25) is 10.1 Å². The van der Waals surface area contributed by atoms with Crippen LogP contribution in [0.5, 0.6) is 0 Å². The van der Waals surface area contributed by atoms with Crippen LogP contribution in [-0.2, 0) is 6.18 Å². The summed E-state index contributed by atoms with van der Waals surface area (Å²) in [6, 6.07) is 2.59. The Labute approximate surface area is 111 Å². The van der Waals surface area contributed by atoms with Gasteiger partial charge in [0.2, 0.25) is 0 Å². The molecular weight excluding hydrogens is 281 g/mol. The third-order valence-corrected chi connectivity index (χ3v) is 3.11. The number of β-amino-alcohol motifs (C(OH)–C–C–N with tert-alkyl or cyclic N) is 2. The van der Waals surface area contributed by atoms with E-state index in [-0.39, 0.29) is 18.8 Å². The number of hydrogen-bond donors (Lipinski definition) is 2. The van der Waals surface area contributed by atoms with Gasteiger partial charge in [0.05, 0.1) is 17.1 Å². The molecule has 2 unspecified atom stereocenters. The Morgan fingerprint density at radius 2 is 1.80 bits per heavy atom. The Kier molecular flexibility index (Phi) is 3.57. The number of nitrogens with zero attached hydrogens (tertiary/aromatic N) is 2. The van der Waals surface area contributed by atoms with E-state index in [4.69, 9.17) is 0 Å². The fourth-order valence-corrected chi connectivity index (χ4v) is 2.09. The first-order chi connectivity index (χ1) is 9.20. The summed E-state index contributed by atoms with van der Waals surface area (Å²) in [7, 11) is 0. The normalized spacial score (nSPS) is 23.1. The minimum atomic E-state index is -4.85. The highest BCUT2D eigenvalue weighted by atomic mass is 19.4. The standard InChI is InChI=1S/C11H11F3N2O4/c12-11(13,14)7-3-6(1-2-8(7)16(19)20)15-4-9(17)10(18)5-15/h1-3,9-10,17-18H,4-5H2. The van der Waals surface area contributed by atoms with E-state index >= 15 is 0 Å². The lowest BCUT2D eigenvalue weighted by Crippen LogP contribution is -2.22. The number of nitro groups is 1. The molecule has 0 amide bonds. The van der Waals surface area contributed by atoms with Crippen molar-refractivity contribution in [2.24, 2.45) is 0 Å². The molecule has 1 heterocycles. The lowest BCUT2D eigenvalue weighted by atomic mass is 10.1. The second-order valence-corrected chi connectivity index (χ2v) is 4.50. The van der Waals surface area contributed by atoms with Gasteiger partial charge in [-0.2, -0.15) is 13.2 Å². The molecule has 0 spiro atoms. The van der Waals surface area contributed by atoms with Crippen LogP contribution in [0, 0.1) is 10.1 Å². The van der Waals surface area contributed by atoms with Crippen molar-refractivity contribution in [3.05, 3.63) is 33.9 Å².